The van der Waals surface area contributed by atoms with E-state index in [0.717, 1.165) is 12.0 Å². The van der Waals surface area contributed by atoms with Crippen LogP contribution in [0.5, 0.6) is 5.75 Å². The molecule has 0 saturated carbocycles. The molecule has 0 bridgehead atoms. The molecule has 1 unspecified atom stereocenters. The third kappa shape index (κ3) is 3.52. The quantitative estimate of drug-likeness (QED) is 0.838. The van der Waals surface area contributed by atoms with Crippen LogP contribution in [0.1, 0.15) is 34.8 Å². The van der Waals surface area contributed by atoms with Crippen molar-refractivity contribution in [2.75, 3.05) is 6.61 Å². The van der Waals surface area contributed by atoms with Crippen molar-refractivity contribution in [2.24, 2.45) is 0 Å². The van der Waals surface area contributed by atoms with Gasteiger partial charge in [-0.05, 0) is 53.0 Å². The summed E-state index contributed by atoms with van der Waals surface area (Å²) in [6.45, 7) is 0.465. The summed E-state index contributed by atoms with van der Waals surface area (Å²) in [7, 11) is 0. The maximum atomic E-state index is 13.4. The maximum absolute atomic E-state index is 13.4. The first-order chi connectivity index (χ1) is 11.0. The maximum Gasteiger partial charge on any atom is 0.253 e. The lowest BCUT2D eigenvalue weighted by Crippen LogP contribution is -2.28. The molecular weight excluding hydrogens is 368 g/mol. The molecular formula is C17H14BrF2NO2. The molecule has 3 nitrogen and oxygen atoms in total. The first-order valence-electron chi connectivity index (χ1n) is 7.23. The molecule has 0 fully saturated rings. The number of hydrogen-bond acceptors (Lipinski definition) is 2. The van der Waals surface area contributed by atoms with E-state index >= 15 is 0 Å². The van der Waals surface area contributed by atoms with E-state index in [2.05, 4.69) is 21.2 Å². The molecule has 1 N–H and O–H groups in total. The van der Waals surface area contributed by atoms with E-state index in [0.29, 0.717) is 23.2 Å². The monoisotopic (exact) mass is 381 g/mol. The van der Waals surface area contributed by atoms with E-state index in [1.165, 1.54) is 30.3 Å². The Hall–Kier alpha value is -1.95. The average Bonchev–Trinajstić information content (AvgIpc) is 2.71. The second-order valence-electron chi connectivity index (χ2n) is 5.32. The van der Waals surface area contributed by atoms with E-state index in [-0.39, 0.29) is 17.4 Å². The van der Waals surface area contributed by atoms with Gasteiger partial charge in [-0.3, -0.25) is 4.79 Å². The number of rotatable bonds is 2. The summed E-state index contributed by atoms with van der Waals surface area (Å²) >= 11 is 3.25. The molecule has 0 aromatic heterocycles. The van der Waals surface area contributed by atoms with Gasteiger partial charge in [0.2, 0.25) is 0 Å². The van der Waals surface area contributed by atoms with Crippen molar-refractivity contribution < 1.29 is 18.3 Å². The highest BCUT2D eigenvalue weighted by molar-refractivity contribution is 9.10. The van der Waals surface area contributed by atoms with Gasteiger partial charge >= 0.3 is 0 Å². The lowest BCUT2D eigenvalue weighted by Gasteiger charge is -2.19. The minimum absolute atomic E-state index is 0.221. The van der Waals surface area contributed by atoms with Crippen LogP contribution in [0.3, 0.4) is 0 Å². The Bertz CT molecular complexity index is 751. The first-order valence-corrected chi connectivity index (χ1v) is 8.02. The molecule has 23 heavy (non-hydrogen) atoms. The average molecular weight is 382 g/mol. The Morgan fingerprint density at radius 3 is 2.74 bits per heavy atom. The molecule has 6 heteroatoms. The van der Waals surface area contributed by atoms with Crippen molar-refractivity contribution in [1.82, 2.24) is 5.32 Å². The zero-order chi connectivity index (χ0) is 16.4. The third-order valence-corrected chi connectivity index (χ3v) is 4.42. The molecule has 1 atom stereocenters. The number of amides is 1. The van der Waals surface area contributed by atoms with Gasteiger partial charge in [-0.15, -0.1) is 0 Å². The van der Waals surface area contributed by atoms with Gasteiger partial charge in [-0.2, -0.15) is 0 Å². The summed E-state index contributed by atoms with van der Waals surface area (Å²) in [6, 6.07) is 7.90. The normalized spacial score (nSPS) is 16.9. The van der Waals surface area contributed by atoms with Gasteiger partial charge in [0, 0.05) is 16.1 Å². The Balaban J connectivity index is 1.88. The second kappa shape index (κ2) is 6.66. The van der Waals surface area contributed by atoms with Crippen LogP contribution in [0.25, 0.3) is 0 Å². The highest BCUT2D eigenvalue weighted by atomic mass is 79.9. The van der Waals surface area contributed by atoms with Crippen molar-refractivity contribution in [3.05, 3.63) is 63.6 Å². The number of nitrogens with one attached hydrogen (secondary N) is 1. The first kappa shape index (κ1) is 15.9. The van der Waals surface area contributed by atoms with Crippen LogP contribution in [-0.2, 0) is 0 Å². The predicted molar refractivity (Wildman–Crippen MR) is 85.4 cm³/mol. The highest BCUT2D eigenvalue weighted by Gasteiger charge is 2.23. The number of benzene rings is 2. The van der Waals surface area contributed by atoms with Crippen molar-refractivity contribution in [2.45, 2.75) is 18.9 Å². The molecule has 1 aliphatic rings. The van der Waals surface area contributed by atoms with E-state index < -0.39 is 11.7 Å². The molecule has 1 amide bonds. The van der Waals surface area contributed by atoms with Crippen LogP contribution in [0.15, 0.2) is 40.9 Å². The number of carbonyl (C=O) groups excluding carboxylic acids is 1. The van der Waals surface area contributed by atoms with Crippen LogP contribution in [0.2, 0.25) is 0 Å². The number of fused-ring (bicyclic) bond motifs is 1. The Kier molecular flexibility index (Phi) is 4.61. The van der Waals surface area contributed by atoms with Gasteiger partial charge in [-0.25, -0.2) is 8.78 Å². The summed E-state index contributed by atoms with van der Waals surface area (Å²) in [5.74, 6) is -0.821. The number of ether oxygens (including phenoxy) is 1. The minimum Gasteiger partial charge on any atom is -0.493 e. The van der Waals surface area contributed by atoms with Crippen molar-refractivity contribution in [3.8, 4) is 5.75 Å². The van der Waals surface area contributed by atoms with Crippen LogP contribution < -0.4 is 10.1 Å². The summed E-state index contributed by atoms with van der Waals surface area (Å²) in [4.78, 5) is 12.5. The lowest BCUT2D eigenvalue weighted by molar-refractivity contribution is 0.0933. The minimum atomic E-state index is -0.481. The largest absolute Gasteiger partial charge is 0.493 e. The molecule has 3 rings (SSSR count). The van der Waals surface area contributed by atoms with Crippen molar-refractivity contribution >= 4 is 21.8 Å². The molecule has 2 aromatic carbocycles. The molecule has 1 aliphatic heterocycles. The Labute approximate surface area is 140 Å². The fourth-order valence-corrected chi connectivity index (χ4v) is 3.03. The van der Waals surface area contributed by atoms with Crippen LogP contribution >= 0.6 is 15.9 Å². The summed E-state index contributed by atoms with van der Waals surface area (Å²) < 4.78 is 32.8. The zero-order valence-electron chi connectivity index (χ0n) is 12.1. The fraction of sp³-hybridized carbons (Fsp3) is 0.235. The second-order valence-corrected chi connectivity index (χ2v) is 6.18. The van der Waals surface area contributed by atoms with E-state index in [1.54, 1.807) is 6.07 Å². The van der Waals surface area contributed by atoms with Crippen LogP contribution in [-0.4, -0.2) is 12.5 Å². The van der Waals surface area contributed by atoms with E-state index in [1.807, 2.05) is 0 Å². The van der Waals surface area contributed by atoms with Gasteiger partial charge in [0.1, 0.15) is 17.4 Å². The molecule has 0 saturated heterocycles. The van der Waals surface area contributed by atoms with Crippen molar-refractivity contribution in [3.63, 3.8) is 0 Å². The van der Waals surface area contributed by atoms with Crippen LogP contribution in [0, 0.1) is 11.6 Å². The van der Waals surface area contributed by atoms with E-state index in [9.17, 15) is 13.6 Å². The highest BCUT2D eigenvalue weighted by Crippen LogP contribution is 2.32. The van der Waals surface area contributed by atoms with Gasteiger partial charge in [0.15, 0.2) is 0 Å². The molecule has 2 aromatic rings. The summed E-state index contributed by atoms with van der Waals surface area (Å²) in [5.41, 5.74) is 0.948. The Morgan fingerprint density at radius 2 is 1.91 bits per heavy atom. The molecule has 0 radical (unpaired) electrons. The smallest absolute Gasteiger partial charge is 0.253 e. The van der Waals surface area contributed by atoms with Crippen molar-refractivity contribution in [1.29, 1.82) is 0 Å². The molecule has 0 spiro atoms. The summed E-state index contributed by atoms with van der Waals surface area (Å²) in [6.07, 6.45) is 1.39. The molecule has 1 heterocycles. The predicted octanol–water partition coefficient (Wildman–Crippen LogP) is 4.37. The standard InChI is InChI=1S/C17H14BrF2NO2/c18-14-6-4-10(19)8-13(14)17(22)21-15-2-1-7-23-16-9-11(20)3-5-12(15)16/h3-6,8-9,15H,1-2,7H2,(H,21,22). The summed E-state index contributed by atoms with van der Waals surface area (Å²) in [5, 5.41) is 2.88. The third-order valence-electron chi connectivity index (χ3n) is 3.72. The Morgan fingerprint density at radius 1 is 1.17 bits per heavy atom. The van der Waals surface area contributed by atoms with Crippen LogP contribution in [0.4, 0.5) is 8.78 Å². The molecule has 0 aliphatic carbocycles. The van der Waals surface area contributed by atoms with Gasteiger partial charge < -0.3 is 10.1 Å². The topological polar surface area (TPSA) is 38.3 Å². The SMILES string of the molecule is O=C(NC1CCCOc2cc(F)ccc21)c1cc(F)ccc1Br. The number of halogens is 3. The van der Waals surface area contributed by atoms with Gasteiger partial charge in [0.05, 0.1) is 18.2 Å². The lowest BCUT2D eigenvalue weighted by atomic mass is 10.0. The van der Waals surface area contributed by atoms with Gasteiger partial charge in [0.25, 0.3) is 5.91 Å². The van der Waals surface area contributed by atoms with E-state index in [4.69, 9.17) is 4.74 Å². The number of hydrogen-bond donors (Lipinski definition) is 1. The number of carbonyl (C=O) groups is 1. The van der Waals surface area contributed by atoms with Gasteiger partial charge in [-0.1, -0.05) is 6.07 Å². The molecule has 120 valence electrons. The fourth-order valence-electron chi connectivity index (χ4n) is 2.60. The zero-order valence-corrected chi connectivity index (χ0v) is 13.7.